The first kappa shape index (κ1) is 16.6. The lowest BCUT2D eigenvalue weighted by atomic mass is 9.87. The van der Waals surface area contributed by atoms with E-state index in [0.717, 1.165) is 31.1 Å². The van der Waals surface area contributed by atoms with Gasteiger partial charge in [-0.05, 0) is 37.6 Å². The second-order valence-electron chi connectivity index (χ2n) is 6.58. The molecule has 0 amide bonds. The van der Waals surface area contributed by atoms with Crippen molar-refractivity contribution in [2.45, 2.75) is 76.4 Å². The maximum absolute atomic E-state index is 11.8. The molecule has 1 fully saturated rings. The molecule has 120 valence electrons. The van der Waals surface area contributed by atoms with Crippen LogP contribution in [0.4, 0.5) is 0 Å². The van der Waals surface area contributed by atoms with E-state index < -0.39 is 0 Å². The van der Waals surface area contributed by atoms with Crippen molar-refractivity contribution in [1.29, 1.82) is 0 Å². The van der Waals surface area contributed by atoms with Crippen LogP contribution in [0.2, 0.25) is 0 Å². The second-order valence-corrected chi connectivity index (χ2v) is 7.78. The molecular weight excluding hydrogens is 284 g/mol. The van der Waals surface area contributed by atoms with Crippen LogP contribution in [0.25, 0.3) is 0 Å². The highest BCUT2D eigenvalue weighted by Gasteiger charge is 2.42. The van der Waals surface area contributed by atoms with E-state index in [1.54, 1.807) is 16.3 Å². The summed E-state index contributed by atoms with van der Waals surface area (Å²) >= 11 is 1.76. The van der Waals surface area contributed by atoms with Crippen LogP contribution in [-0.4, -0.2) is 32.6 Å². The van der Waals surface area contributed by atoms with Crippen molar-refractivity contribution in [2.24, 2.45) is 5.41 Å². The minimum Gasteiger partial charge on any atom is -0.312 e. The number of nitrogens with zero attached hydrogens (tertiary/aromatic N) is 2. The lowest BCUT2D eigenvalue weighted by Crippen LogP contribution is -2.43. The molecule has 6 heteroatoms. The van der Waals surface area contributed by atoms with Crippen LogP contribution >= 0.6 is 11.8 Å². The summed E-state index contributed by atoms with van der Waals surface area (Å²) in [7, 11) is 0. The highest BCUT2D eigenvalue weighted by molar-refractivity contribution is 7.99. The lowest BCUT2D eigenvalue weighted by Gasteiger charge is -2.31. The van der Waals surface area contributed by atoms with Crippen LogP contribution in [0.3, 0.4) is 0 Å². The molecular formula is C15H28N4OS. The maximum Gasteiger partial charge on any atom is 0.343 e. The highest BCUT2D eigenvalue weighted by Crippen LogP contribution is 2.44. The van der Waals surface area contributed by atoms with Crippen molar-refractivity contribution in [1.82, 2.24) is 20.1 Å². The molecule has 0 aliphatic heterocycles. The second kappa shape index (κ2) is 7.01. The molecule has 5 nitrogen and oxygen atoms in total. The SMILES string of the molecule is CCCNC1C(Sc2n[nH]c(=O)n2CCC)CCC1(C)C. The van der Waals surface area contributed by atoms with Crippen LogP contribution in [0.5, 0.6) is 0 Å². The molecule has 0 saturated heterocycles. The largest absolute Gasteiger partial charge is 0.343 e. The summed E-state index contributed by atoms with van der Waals surface area (Å²) in [6.45, 7) is 10.7. The van der Waals surface area contributed by atoms with Gasteiger partial charge in [0, 0.05) is 17.8 Å². The van der Waals surface area contributed by atoms with Gasteiger partial charge in [-0.15, -0.1) is 5.10 Å². The molecule has 0 spiro atoms. The molecule has 2 N–H and O–H groups in total. The number of hydrogen-bond donors (Lipinski definition) is 2. The van der Waals surface area contributed by atoms with E-state index in [1.807, 2.05) is 0 Å². The molecule has 1 heterocycles. The Morgan fingerprint density at radius 1 is 1.43 bits per heavy atom. The van der Waals surface area contributed by atoms with Gasteiger partial charge in [-0.2, -0.15) is 0 Å². The van der Waals surface area contributed by atoms with Crippen molar-refractivity contribution < 1.29 is 0 Å². The molecule has 21 heavy (non-hydrogen) atoms. The van der Waals surface area contributed by atoms with Crippen LogP contribution in [0.1, 0.15) is 53.4 Å². The molecule has 1 aromatic heterocycles. The van der Waals surface area contributed by atoms with Gasteiger partial charge >= 0.3 is 5.69 Å². The average Bonchev–Trinajstić information content (AvgIpc) is 2.91. The Labute approximate surface area is 131 Å². The van der Waals surface area contributed by atoms with Crippen LogP contribution in [-0.2, 0) is 6.54 Å². The predicted octanol–water partition coefficient (Wildman–Crippen LogP) is 2.63. The zero-order chi connectivity index (χ0) is 15.5. The standard InChI is InChI=1S/C15H28N4OS/c1-5-9-16-12-11(7-8-15(12,3)4)21-14-18-17-13(20)19(14)10-6-2/h11-12,16H,5-10H2,1-4H3,(H,17,20). The smallest absolute Gasteiger partial charge is 0.312 e. The fourth-order valence-electron chi connectivity index (χ4n) is 3.12. The summed E-state index contributed by atoms with van der Waals surface area (Å²) < 4.78 is 1.77. The predicted molar refractivity (Wildman–Crippen MR) is 87.9 cm³/mol. The summed E-state index contributed by atoms with van der Waals surface area (Å²) in [5.41, 5.74) is 0.216. The van der Waals surface area contributed by atoms with E-state index >= 15 is 0 Å². The van der Waals surface area contributed by atoms with Crippen molar-refractivity contribution >= 4 is 11.8 Å². The van der Waals surface area contributed by atoms with Crippen LogP contribution in [0, 0.1) is 5.41 Å². The van der Waals surface area contributed by atoms with Gasteiger partial charge in [0.1, 0.15) is 0 Å². The summed E-state index contributed by atoms with van der Waals surface area (Å²) in [4.78, 5) is 11.8. The van der Waals surface area contributed by atoms with Gasteiger partial charge < -0.3 is 5.32 Å². The first-order valence-electron chi connectivity index (χ1n) is 8.04. The zero-order valence-electron chi connectivity index (χ0n) is 13.6. The van der Waals surface area contributed by atoms with Gasteiger partial charge in [-0.3, -0.25) is 4.57 Å². The summed E-state index contributed by atoms with van der Waals surface area (Å²) in [6.07, 6.45) is 4.48. The van der Waals surface area contributed by atoms with E-state index in [9.17, 15) is 4.79 Å². The molecule has 2 unspecified atom stereocenters. The molecule has 0 aromatic carbocycles. The van der Waals surface area contributed by atoms with E-state index in [4.69, 9.17) is 0 Å². The third-order valence-electron chi connectivity index (χ3n) is 4.33. The summed E-state index contributed by atoms with van der Waals surface area (Å²) in [5, 5.41) is 11.8. The molecule has 1 aliphatic carbocycles. The monoisotopic (exact) mass is 312 g/mol. The van der Waals surface area contributed by atoms with Crippen molar-refractivity contribution in [3.8, 4) is 0 Å². The summed E-state index contributed by atoms with van der Waals surface area (Å²) in [6, 6.07) is 0.476. The first-order chi connectivity index (χ1) is 9.99. The number of nitrogens with one attached hydrogen (secondary N) is 2. The Hall–Kier alpha value is -0.750. The number of aromatic amines is 1. The molecule has 0 bridgehead atoms. The number of rotatable bonds is 7. The van der Waals surface area contributed by atoms with Gasteiger partial charge in [0.15, 0.2) is 5.16 Å². The van der Waals surface area contributed by atoms with Crippen molar-refractivity contribution in [2.75, 3.05) is 6.54 Å². The fourth-order valence-corrected chi connectivity index (χ4v) is 4.63. The van der Waals surface area contributed by atoms with E-state index in [2.05, 4.69) is 43.2 Å². The van der Waals surface area contributed by atoms with E-state index in [0.29, 0.717) is 16.7 Å². The lowest BCUT2D eigenvalue weighted by molar-refractivity contribution is 0.287. The number of H-pyrrole nitrogens is 1. The van der Waals surface area contributed by atoms with Gasteiger partial charge in [0.2, 0.25) is 0 Å². The van der Waals surface area contributed by atoms with E-state index in [1.165, 1.54) is 12.8 Å². The van der Waals surface area contributed by atoms with Crippen molar-refractivity contribution in [3.63, 3.8) is 0 Å². The van der Waals surface area contributed by atoms with Crippen LogP contribution in [0.15, 0.2) is 9.95 Å². The Morgan fingerprint density at radius 2 is 2.19 bits per heavy atom. The third kappa shape index (κ3) is 3.72. The molecule has 2 atom stereocenters. The van der Waals surface area contributed by atoms with Crippen LogP contribution < -0.4 is 11.0 Å². The fraction of sp³-hybridized carbons (Fsp3) is 0.867. The average molecular weight is 312 g/mol. The Morgan fingerprint density at radius 3 is 2.86 bits per heavy atom. The number of aromatic nitrogens is 3. The Balaban J connectivity index is 2.12. The minimum atomic E-state index is -0.0883. The maximum atomic E-state index is 11.8. The number of hydrogen-bond acceptors (Lipinski definition) is 4. The summed E-state index contributed by atoms with van der Waals surface area (Å²) in [5.74, 6) is 0. The molecule has 2 rings (SSSR count). The Kier molecular flexibility index (Phi) is 5.54. The normalized spacial score (nSPS) is 24.6. The minimum absolute atomic E-state index is 0.0883. The first-order valence-corrected chi connectivity index (χ1v) is 8.92. The van der Waals surface area contributed by atoms with Crippen molar-refractivity contribution in [3.05, 3.63) is 10.5 Å². The Bertz CT molecular complexity index is 508. The molecule has 0 radical (unpaired) electrons. The quantitative estimate of drug-likeness (QED) is 0.812. The molecule has 1 aromatic rings. The molecule has 1 saturated carbocycles. The van der Waals surface area contributed by atoms with Gasteiger partial charge in [0.05, 0.1) is 0 Å². The van der Waals surface area contributed by atoms with Gasteiger partial charge in [-0.1, -0.05) is 39.5 Å². The van der Waals surface area contributed by atoms with Gasteiger partial charge in [-0.25, -0.2) is 9.89 Å². The molecule has 1 aliphatic rings. The topological polar surface area (TPSA) is 62.7 Å². The number of thioether (sulfide) groups is 1. The van der Waals surface area contributed by atoms with E-state index in [-0.39, 0.29) is 5.69 Å². The highest BCUT2D eigenvalue weighted by atomic mass is 32.2. The zero-order valence-corrected chi connectivity index (χ0v) is 14.4. The third-order valence-corrected chi connectivity index (χ3v) is 5.66. The van der Waals surface area contributed by atoms with Gasteiger partial charge in [0.25, 0.3) is 0 Å².